The summed E-state index contributed by atoms with van der Waals surface area (Å²) in [5, 5.41) is 14.0. The van der Waals surface area contributed by atoms with Crippen LogP contribution in [0.5, 0.6) is 0 Å². The summed E-state index contributed by atoms with van der Waals surface area (Å²) in [7, 11) is 0. The van der Waals surface area contributed by atoms with Crippen molar-refractivity contribution in [3.63, 3.8) is 0 Å². The van der Waals surface area contributed by atoms with Gasteiger partial charge in [0.1, 0.15) is 5.82 Å². The minimum Gasteiger partial charge on any atom is -0.347 e. The zero-order chi connectivity index (χ0) is 14.8. The molecule has 1 aromatic carbocycles. The monoisotopic (exact) mass is 286 g/mol. The quantitative estimate of drug-likeness (QED) is 0.493. The number of hydrogen-bond acceptors (Lipinski definition) is 5. The number of nitro groups is 1. The molecule has 0 amide bonds. The molecule has 0 spiro atoms. The van der Waals surface area contributed by atoms with Gasteiger partial charge in [0.05, 0.1) is 22.0 Å². The van der Waals surface area contributed by atoms with Crippen molar-refractivity contribution in [2.45, 2.75) is 19.4 Å². The minimum absolute atomic E-state index is 0.00412. The third-order valence-electron chi connectivity index (χ3n) is 3.24. The van der Waals surface area contributed by atoms with Crippen molar-refractivity contribution in [1.29, 1.82) is 0 Å². The zero-order valence-electron chi connectivity index (χ0n) is 11.3. The van der Waals surface area contributed by atoms with Crippen molar-refractivity contribution in [1.82, 2.24) is 19.9 Å². The van der Waals surface area contributed by atoms with E-state index in [1.165, 1.54) is 12.1 Å². The van der Waals surface area contributed by atoms with Gasteiger partial charge >= 0.3 is 0 Å². The predicted octanol–water partition coefficient (Wildman–Crippen LogP) is 2.76. The van der Waals surface area contributed by atoms with E-state index in [-0.39, 0.29) is 11.7 Å². The number of benzene rings is 1. The van der Waals surface area contributed by atoms with Gasteiger partial charge in [-0.2, -0.15) is 0 Å². The molecule has 1 atom stereocenters. The Kier molecular flexibility index (Phi) is 3.27. The van der Waals surface area contributed by atoms with Crippen LogP contribution >= 0.6 is 0 Å². The molecule has 2 aromatic heterocycles. The fourth-order valence-electron chi connectivity index (χ4n) is 2.18. The summed E-state index contributed by atoms with van der Waals surface area (Å²) in [6, 6.07) is 4.54. The average Bonchev–Trinajstić information content (AvgIpc) is 3.12. The molecular weight excluding hydrogens is 272 g/mol. The summed E-state index contributed by atoms with van der Waals surface area (Å²) >= 11 is 0. The fourth-order valence-corrected chi connectivity index (χ4v) is 2.18. The first-order valence-corrected chi connectivity index (χ1v) is 6.57. The second-order valence-electron chi connectivity index (χ2n) is 4.62. The molecule has 8 heteroatoms. The van der Waals surface area contributed by atoms with Crippen LogP contribution in [0.1, 0.15) is 25.2 Å². The SMILES string of the molecule is CCC(Nc1nc2ccc([N+](=O)[O-])cc2[nH]1)c1ncc[nH]1. The largest absolute Gasteiger partial charge is 0.347 e. The van der Waals surface area contributed by atoms with Crippen LogP contribution in [0.3, 0.4) is 0 Å². The summed E-state index contributed by atoms with van der Waals surface area (Å²) in [6.07, 6.45) is 4.29. The molecule has 3 aromatic rings. The fraction of sp³-hybridized carbons (Fsp3) is 0.231. The number of anilines is 1. The predicted molar refractivity (Wildman–Crippen MR) is 78.0 cm³/mol. The highest BCUT2D eigenvalue weighted by Gasteiger charge is 2.14. The molecular formula is C13H14N6O2. The van der Waals surface area contributed by atoms with Crippen molar-refractivity contribution in [3.05, 3.63) is 46.5 Å². The number of rotatable bonds is 5. The molecule has 0 aliphatic rings. The number of nitrogens with zero attached hydrogens (tertiary/aromatic N) is 3. The molecule has 108 valence electrons. The van der Waals surface area contributed by atoms with Crippen molar-refractivity contribution in [2.24, 2.45) is 0 Å². The molecule has 3 rings (SSSR count). The highest BCUT2D eigenvalue weighted by molar-refractivity contribution is 5.79. The maximum absolute atomic E-state index is 10.8. The summed E-state index contributed by atoms with van der Waals surface area (Å²) in [5.41, 5.74) is 1.34. The number of H-pyrrole nitrogens is 2. The Morgan fingerprint density at radius 1 is 1.48 bits per heavy atom. The van der Waals surface area contributed by atoms with Crippen LogP contribution < -0.4 is 5.32 Å². The molecule has 0 aliphatic carbocycles. The highest BCUT2D eigenvalue weighted by Crippen LogP contribution is 2.23. The number of aromatic nitrogens is 4. The average molecular weight is 286 g/mol. The van der Waals surface area contributed by atoms with Crippen molar-refractivity contribution < 1.29 is 4.92 Å². The number of hydrogen-bond donors (Lipinski definition) is 3. The molecule has 0 fully saturated rings. The summed E-state index contributed by atoms with van der Waals surface area (Å²) in [5.74, 6) is 1.39. The van der Waals surface area contributed by atoms with Gasteiger partial charge in [-0.3, -0.25) is 10.1 Å². The first kappa shape index (κ1) is 13.1. The maximum Gasteiger partial charge on any atom is 0.271 e. The van der Waals surface area contributed by atoms with Gasteiger partial charge in [0, 0.05) is 24.5 Å². The lowest BCUT2D eigenvalue weighted by Crippen LogP contribution is -2.12. The van der Waals surface area contributed by atoms with E-state index in [9.17, 15) is 10.1 Å². The normalized spacial score (nSPS) is 12.4. The number of nitrogens with one attached hydrogen (secondary N) is 3. The zero-order valence-corrected chi connectivity index (χ0v) is 11.3. The summed E-state index contributed by atoms with van der Waals surface area (Å²) in [4.78, 5) is 25.1. The minimum atomic E-state index is -0.426. The molecule has 0 saturated heterocycles. The molecule has 8 nitrogen and oxygen atoms in total. The molecule has 0 saturated carbocycles. The smallest absolute Gasteiger partial charge is 0.271 e. The number of non-ortho nitro benzene ring substituents is 1. The lowest BCUT2D eigenvalue weighted by Gasteiger charge is -2.13. The Labute approximate surface area is 119 Å². The second kappa shape index (κ2) is 5.23. The van der Waals surface area contributed by atoms with E-state index in [4.69, 9.17) is 0 Å². The van der Waals surface area contributed by atoms with E-state index < -0.39 is 4.92 Å². The van der Waals surface area contributed by atoms with E-state index in [0.717, 1.165) is 12.2 Å². The van der Waals surface area contributed by atoms with Crippen molar-refractivity contribution in [3.8, 4) is 0 Å². The molecule has 3 N–H and O–H groups in total. The van der Waals surface area contributed by atoms with E-state index in [1.807, 2.05) is 6.92 Å². The van der Waals surface area contributed by atoms with Gasteiger partial charge in [0.15, 0.2) is 0 Å². The topological polar surface area (TPSA) is 113 Å². The Bertz CT molecular complexity index is 764. The van der Waals surface area contributed by atoms with Crippen LogP contribution in [0.15, 0.2) is 30.6 Å². The van der Waals surface area contributed by atoms with Crippen LogP contribution in [-0.2, 0) is 0 Å². The molecule has 1 unspecified atom stereocenters. The van der Waals surface area contributed by atoms with Crippen molar-refractivity contribution >= 4 is 22.7 Å². The summed E-state index contributed by atoms with van der Waals surface area (Å²) in [6.45, 7) is 2.04. The lowest BCUT2D eigenvalue weighted by molar-refractivity contribution is -0.384. The lowest BCUT2D eigenvalue weighted by atomic mass is 10.2. The molecule has 21 heavy (non-hydrogen) atoms. The van der Waals surface area contributed by atoms with Crippen LogP contribution in [0, 0.1) is 10.1 Å². The van der Waals surface area contributed by atoms with Gasteiger partial charge in [-0.25, -0.2) is 9.97 Å². The second-order valence-corrected chi connectivity index (χ2v) is 4.62. The third-order valence-corrected chi connectivity index (χ3v) is 3.24. The number of nitro benzene ring substituents is 1. The molecule has 0 radical (unpaired) electrons. The summed E-state index contributed by atoms with van der Waals surface area (Å²) < 4.78 is 0. The van der Waals surface area contributed by atoms with Gasteiger partial charge in [-0.05, 0) is 12.5 Å². The third kappa shape index (κ3) is 2.55. The van der Waals surface area contributed by atoms with E-state index in [2.05, 4.69) is 25.3 Å². The number of aromatic amines is 2. The standard InChI is InChI=1S/C13H14N6O2/c1-2-9(12-14-5-6-15-12)16-13-17-10-4-3-8(19(20)21)7-11(10)18-13/h3-7,9H,2H2,1H3,(H,14,15)(H2,16,17,18). The van der Waals surface area contributed by atoms with Crippen LogP contribution in [-0.4, -0.2) is 24.9 Å². The molecule has 0 bridgehead atoms. The van der Waals surface area contributed by atoms with Gasteiger partial charge in [-0.15, -0.1) is 0 Å². The van der Waals surface area contributed by atoms with Crippen molar-refractivity contribution in [2.75, 3.05) is 5.32 Å². The first-order valence-electron chi connectivity index (χ1n) is 6.57. The number of imidazole rings is 2. The van der Waals surface area contributed by atoms with E-state index in [0.29, 0.717) is 17.0 Å². The van der Waals surface area contributed by atoms with Crippen LogP contribution in [0.4, 0.5) is 11.6 Å². The van der Waals surface area contributed by atoms with E-state index >= 15 is 0 Å². The van der Waals surface area contributed by atoms with Gasteiger partial charge in [-0.1, -0.05) is 6.92 Å². The Morgan fingerprint density at radius 2 is 2.33 bits per heavy atom. The van der Waals surface area contributed by atoms with Crippen LogP contribution in [0.25, 0.3) is 11.0 Å². The van der Waals surface area contributed by atoms with Gasteiger partial charge < -0.3 is 15.3 Å². The Morgan fingerprint density at radius 3 is 3.00 bits per heavy atom. The number of fused-ring (bicyclic) bond motifs is 1. The highest BCUT2D eigenvalue weighted by atomic mass is 16.6. The Balaban J connectivity index is 1.88. The van der Waals surface area contributed by atoms with E-state index in [1.54, 1.807) is 18.5 Å². The maximum atomic E-state index is 10.8. The molecule has 2 heterocycles. The first-order chi connectivity index (χ1) is 10.2. The van der Waals surface area contributed by atoms with Gasteiger partial charge in [0.2, 0.25) is 5.95 Å². The molecule has 0 aliphatic heterocycles. The Hall–Kier alpha value is -2.90. The van der Waals surface area contributed by atoms with Crippen LogP contribution in [0.2, 0.25) is 0 Å². The van der Waals surface area contributed by atoms with Gasteiger partial charge in [0.25, 0.3) is 5.69 Å².